The van der Waals surface area contributed by atoms with E-state index in [4.69, 9.17) is 0 Å². The summed E-state index contributed by atoms with van der Waals surface area (Å²) in [6.45, 7) is 4.59. The normalized spacial score (nSPS) is 15.1. The number of anilines is 2. The van der Waals surface area contributed by atoms with Gasteiger partial charge in [-0.1, -0.05) is 12.1 Å². The number of benzene rings is 1. The Balaban J connectivity index is 1.40. The number of halogens is 3. The van der Waals surface area contributed by atoms with Gasteiger partial charge in [0.1, 0.15) is 5.82 Å². The van der Waals surface area contributed by atoms with Crippen molar-refractivity contribution >= 4 is 28.3 Å². The third kappa shape index (κ3) is 4.61. The summed E-state index contributed by atoms with van der Waals surface area (Å²) >= 11 is 0. The summed E-state index contributed by atoms with van der Waals surface area (Å²) < 4.78 is 39.9. The molecule has 4 rings (SSSR count). The number of aryl methyl sites for hydroxylation is 2. The van der Waals surface area contributed by atoms with E-state index >= 15 is 0 Å². The van der Waals surface area contributed by atoms with Crippen LogP contribution in [-0.2, 0) is 6.18 Å². The van der Waals surface area contributed by atoms with Gasteiger partial charge in [-0.25, -0.2) is 9.78 Å². The molecule has 0 bridgehead atoms. The number of carbonyl (C=O) groups excluding carboxylic acids is 1. The Hall–Kier alpha value is -3.36. The number of nitrogens with zero attached hydrogens (tertiary/aromatic N) is 3. The first-order valence-corrected chi connectivity index (χ1v) is 10.4. The predicted octanol–water partition coefficient (Wildman–Crippen LogP) is 5.06. The molecule has 0 atom stereocenters. The fraction of sp³-hybridized carbons (Fsp3) is 0.348. The highest BCUT2D eigenvalue weighted by Gasteiger charge is 2.36. The van der Waals surface area contributed by atoms with Gasteiger partial charge in [-0.15, -0.1) is 0 Å². The van der Waals surface area contributed by atoms with Crippen molar-refractivity contribution in [3.8, 4) is 0 Å². The fourth-order valence-electron chi connectivity index (χ4n) is 4.16. The average molecular weight is 443 g/mol. The van der Waals surface area contributed by atoms with Crippen LogP contribution in [0.15, 0.2) is 42.6 Å². The molecule has 1 aliphatic rings. The number of fused-ring (bicyclic) bond motifs is 1. The van der Waals surface area contributed by atoms with Crippen molar-refractivity contribution in [2.75, 3.05) is 23.3 Å². The topological polar surface area (TPSA) is 70.2 Å². The molecule has 0 unspecified atom stereocenters. The van der Waals surface area contributed by atoms with Gasteiger partial charge in [0.15, 0.2) is 0 Å². The SMILES string of the molecule is Cc1cc2c(NC(=O)NC3CCN(c4ncccc4C(F)(F)F)CC3)cccc2c(C)n1. The molecule has 9 heteroatoms. The van der Waals surface area contributed by atoms with Gasteiger partial charge in [-0.2, -0.15) is 13.2 Å². The standard InChI is InChI=1S/C23H24F3N5O/c1-14-13-18-17(15(2)28-14)5-3-7-20(18)30-22(32)29-16-8-11-31(12-9-16)21-19(23(24,25)26)6-4-10-27-21/h3-7,10,13,16H,8-9,11-12H2,1-2H3,(H2,29,30,32). The summed E-state index contributed by atoms with van der Waals surface area (Å²) in [7, 11) is 0. The van der Waals surface area contributed by atoms with E-state index in [9.17, 15) is 18.0 Å². The van der Waals surface area contributed by atoms with Gasteiger partial charge in [-0.05, 0) is 51.0 Å². The van der Waals surface area contributed by atoms with Crippen LogP contribution < -0.4 is 15.5 Å². The van der Waals surface area contributed by atoms with Crippen molar-refractivity contribution in [1.82, 2.24) is 15.3 Å². The van der Waals surface area contributed by atoms with Gasteiger partial charge in [0.25, 0.3) is 0 Å². The lowest BCUT2D eigenvalue weighted by Gasteiger charge is -2.34. The summed E-state index contributed by atoms with van der Waals surface area (Å²) in [5.41, 5.74) is 1.71. The van der Waals surface area contributed by atoms with E-state index in [2.05, 4.69) is 20.6 Å². The van der Waals surface area contributed by atoms with Crippen LogP contribution in [0, 0.1) is 13.8 Å². The number of nitrogens with one attached hydrogen (secondary N) is 2. The Morgan fingerprint density at radius 3 is 2.56 bits per heavy atom. The largest absolute Gasteiger partial charge is 0.419 e. The van der Waals surface area contributed by atoms with Crippen molar-refractivity contribution in [2.45, 2.75) is 38.9 Å². The van der Waals surface area contributed by atoms with Gasteiger partial charge in [0.05, 0.1) is 11.3 Å². The van der Waals surface area contributed by atoms with Crippen LogP contribution in [-0.4, -0.2) is 35.1 Å². The minimum Gasteiger partial charge on any atom is -0.356 e. The van der Waals surface area contributed by atoms with Gasteiger partial charge in [-0.3, -0.25) is 4.98 Å². The van der Waals surface area contributed by atoms with Crippen LogP contribution in [0.2, 0.25) is 0 Å². The maximum absolute atomic E-state index is 13.3. The zero-order valence-electron chi connectivity index (χ0n) is 17.8. The highest BCUT2D eigenvalue weighted by molar-refractivity contribution is 6.02. The van der Waals surface area contributed by atoms with Crippen LogP contribution in [0.3, 0.4) is 0 Å². The van der Waals surface area contributed by atoms with Crippen molar-refractivity contribution < 1.29 is 18.0 Å². The first-order chi connectivity index (χ1) is 15.2. The lowest BCUT2D eigenvalue weighted by molar-refractivity contribution is -0.137. The van der Waals surface area contributed by atoms with E-state index in [1.165, 1.54) is 12.3 Å². The molecule has 2 amide bonds. The van der Waals surface area contributed by atoms with Crippen molar-refractivity contribution in [1.29, 1.82) is 0 Å². The Labute approximate surface area is 183 Å². The van der Waals surface area contributed by atoms with Crippen LogP contribution >= 0.6 is 0 Å². The average Bonchev–Trinajstić information content (AvgIpc) is 2.74. The monoisotopic (exact) mass is 443 g/mol. The number of pyridine rings is 2. The molecule has 0 saturated carbocycles. The number of hydrogen-bond acceptors (Lipinski definition) is 4. The molecule has 168 valence electrons. The summed E-state index contributed by atoms with van der Waals surface area (Å²) in [6.07, 6.45) is -2.04. The van der Waals surface area contributed by atoms with Crippen molar-refractivity contribution in [3.63, 3.8) is 0 Å². The molecule has 1 aromatic carbocycles. The Morgan fingerprint density at radius 2 is 1.84 bits per heavy atom. The molecular formula is C23H24F3N5O. The summed E-state index contributed by atoms with van der Waals surface area (Å²) in [6, 6.07) is 9.46. The van der Waals surface area contributed by atoms with Gasteiger partial charge >= 0.3 is 12.2 Å². The van der Waals surface area contributed by atoms with E-state index in [0.29, 0.717) is 31.6 Å². The van der Waals surface area contributed by atoms with Crippen LogP contribution in [0.5, 0.6) is 0 Å². The highest BCUT2D eigenvalue weighted by Crippen LogP contribution is 2.36. The second-order valence-corrected chi connectivity index (χ2v) is 7.98. The van der Waals surface area contributed by atoms with Gasteiger partial charge in [0.2, 0.25) is 0 Å². The summed E-state index contributed by atoms with van der Waals surface area (Å²) in [5.74, 6) is -0.0574. The van der Waals surface area contributed by atoms with E-state index in [1.807, 2.05) is 38.1 Å². The Bertz CT molecular complexity index is 1140. The third-order valence-corrected chi connectivity index (χ3v) is 5.66. The highest BCUT2D eigenvalue weighted by atomic mass is 19.4. The zero-order valence-corrected chi connectivity index (χ0v) is 17.8. The van der Waals surface area contributed by atoms with Crippen LogP contribution in [0.1, 0.15) is 29.8 Å². The molecule has 0 radical (unpaired) electrons. The van der Waals surface area contributed by atoms with Gasteiger partial charge in [0, 0.05) is 47.5 Å². The molecule has 1 saturated heterocycles. The quantitative estimate of drug-likeness (QED) is 0.594. The number of alkyl halides is 3. The Morgan fingerprint density at radius 1 is 1.09 bits per heavy atom. The number of aromatic nitrogens is 2. The molecule has 3 aromatic rings. The Kier molecular flexibility index (Phi) is 5.90. The molecule has 1 fully saturated rings. The molecule has 32 heavy (non-hydrogen) atoms. The molecule has 0 spiro atoms. The zero-order chi connectivity index (χ0) is 22.9. The minimum atomic E-state index is -4.46. The number of amides is 2. The van der Waals surface area contributed by atoms with Crippen LogP contribution in [0.25, 0.3) is 10.8 Å². The minimum absolute atomic E-state index is 0.0574. The number of urea groups is 1. The van der Waals surface area contributed by atoms with E-state index in [1.54, 1.807) is 4.90 Å². The molecule has 1 aliphatic heterocycles. The first kappa shape index (κ1) is 21.9. The molecular weight excluding hydrogens is 419 g/mol. The molecule has 2 aromatic heterocycles. The van der Waals surface area contributed by atoms with E-state index in [-0.39, 0.29) is 17.9 Å². The predicted molar refractivity (Wildman–Crippen MR) is 118 cm³/mol. The number of hydrogen-bond donors (Lipinski definition) is 2. The van der Waals surface area contributed by atoms with Crippen LogP contribution in [0.4, 0.5) is 29.5 Å². The van der Waals surface area contributed by atoms with E-state index in [0.717, 1.165) is 28.2 Å². The smallest absolute Gasteiger partial charge is 0.356 e. The maximum Gasteiger partial charge on any atom is 0.419 e. The fourth-order valence-corrected chi connectivity index (χ4v) is 4.16. The number of carbonyl (C=O) groups is 1. The second-order valence-electron chi connectivity index (χ2n) is 7.98. The third-order valence-electron chi connectivity index (χ3n) is 5.66. The molecule has 2 N–H and O–H groups in total. The number of piperidine rings is 1. The van der Waals surface area contributed by atoms with Crippen molar-refractivity contribution in [3.05, 3.63) is 59.5 Å². The lowest BCUT2D eigenvalue weighted by Crippen LogP contribution is -2.46. The second kappa shape index (κ2) is 8.64. The first-order valence-electron chi connectivity index (χ1n) is 10.4. The maximum atomic E-state index is 13.3. The lowest BCUT2D eigenvalue weighted by atomic mass is 10.0. The molecule has 3 heterocycles. The van der Waals surface area contributed by atoms with Crippen molar-refractivity contribution in [2.24, 2.45) is 0 Å². The summed E-state index contributed by atoms with van der Waals surface area (Å²) in [4.78, 5) is 22.7. The molecule has 6 nitrogen and oxygen atoms in total. The van der Waals surface area contributed by atoms with Gasteiger partial charge < -0.3 is 15.5 Å². The molecule has 0 aliphatic carbocycles. The number of rotatable bonds is 3. The summed E-state index contributed by atoms with van der Waals surface area (Å²) in [5, 5.41) is 7.73. The van der Waals surface area contributed by atoms with E-state index < -0.39 is 11.7 Å².